The van der Waals surface area contributed by atoms with E-state index in [2.05, 4.69) is 6.92 Å². The van der Waals surface area contributed by atoms with Gasteiger partial charge in [0.25, 0.3) is 0 Å². The van der Waals surface area contributed by atoms with E-state index < -0.39 is 14.6 Å². The summed E-state index contributed by atoms with van der Waals surface area (Å²) < 4.78 is 22.1. The molecule has 3 nitrogen and oxygen atoms in total. The van der Waals surface area contributed by atoms with Gasteiger partial charge in [-0.3, -0.25) is 0 Å². The van der Waals surface area contributed by atoms with Gasteiger partial charge in [-0.2, -0.15) is 0 Å². The van der Waals surface area contributed by atoms with Crippen molar-refractivity contribution in [3.63, 3.8) is 0 Å². The maximum atomic E-state index is 11.4. The first-order chi connectivity index (χ1) is 6.23. The quantitative estimate of drug-likeness (QED) is 0.695. The fraction of sp³-hybridized carbons (Fsp3) is 1.00. The molecule has 0 saturated carbocycles. The normalized spacial score (nSPS) is 15.5. The predicted molar refractivity (Wildman–Crippen MR) is 61.0 cm³/mol. The van der Waals surface area contributed by atoms with Crippen molar-refractivity contribution in [3.8, 4) is 0 Å². The Morgan fingerprint density at radius 1 is 1.29 bits per heavy atom. The van der Waals surface area contributed by atoms with Gasteiger partial charge in [-0.25, -0.2) is 8.42 Å². The van der Waals surface area contributed by atoms with Crippen LogP contribution >= 0.6 is 0 Å². The van der Waals surface area contributed by atoms with Crippen molar-refractivity contribution in [2.24, 2.45) is 5.73 Å². The van der Waals surface area contributed by atoms with E-state index in [9.17, 15) is 8.42 Å². The molecule has 0 bridgehead atoms. The van der Waals surface area contributed by atoms with Gasteiger partial charge in [-0.05, 0) is 20.3 Å². The summed E-state index contributed by atoms with van der Waals surface area (Å²) in [5.41, 5.74) is 5.90. The first kappa shape index (κ1) is 13.9. The second-order valence-corrected chi connectivity index (χ2v) is 7.07. The summed E-state index contributed by atoms with van der Waals surface area (Å²) >= 11 is 0. The van der Waals surface area contributed by atoms with Crippen LogP contribution in [0.3, 0.4) is 0 Å². The minimum Gasteiger partial charge on any atom is -0.326 e. The average Bonchev–Trinajstić information content (AvgIpc) is 2.02. The molecule has 0 rings (SSSR count). The van der Waals surface area contributed by atoms with Crippen molar-refractivity contribution in [3.05, 3.63) is 0 Å². The Labute approximate surface area is 88.0 Å². The van der Waals surface area contributed by atoms with Crippen molar-refractivity contribution in [2.45, 2.75) is 57.2 Å². The average molecular weight is 221 g/mol. The maximum Gasteiger partial charge on any atom is 0.154 e. The van der Waals surface area contributed by atoms with E-state index in [1.165, 1.54) is 6.26 Å². The van der Waals surface area contributed by atoms with Crippen LogP contribution in [-0.2, 0) is 9.84 Å². The maximum absolute atomic E-state index is 11.4. The van der Waals surface area contributed by atoms with Crippen LogP contribution in [0.25, 0.3) is 0 Å². The third-order valence-electron chi connectivity index (χ3n) is 2.97. The lowest BCUT2D eigenvalue weighted by atomic mass is 9.98. The Hall–Kier alpha value is -0.0900. The van der Waals surface area contributed by atoms with Crippen LogP contribution in [0.5, 0.6) is 0 Å². The molecule has 0 aromatic heterocycles. The van der Waals surface area contributed by atoms with E-state index in [-0.39, 0.29) is 6.04 Å². The van der Waals surface area contributed by atoms with Gasteiger partial charge in [0.15, 0.2) is 9.84 Å². The van der Waals surface area contributed by atoms with Gasteiger partial charge in [0, 0.05) is 12.3 Å². The lowest BCUT2D eigenvalue weighted by molar-refractivity contribution is 0.447. The summed E-state index contributed by atoms with van der Waals surface area (Å²) in [5.74, 6) is 0. The summed E-state index contributed by atoms with van der Waals surface area (Å²) in [6.45, 7) is 5.53. The molecule has 0 heterocycles. The summed E-state index contributed by atoms with van der Waals surface area (Å²) in [6, 6.07) is -0.260. The van der Waals surface area contributed by atoms with Crippen LogP contribution < -0.4 is 5.73 Å². The molecule has 1 atom stereocenters. The number of hydrogen-bond donors (Lipinski definition) is 1. The van der Waals surface area contributed by atoms with Gasteiger partial charge in [-0.15, -0.1) is 0 Å². The zero-order valence-electron chi connectivity index (χ0n) is 9.71. The Morgan fingerprint density at radius 2 is 1.79 bits per heavy atom. The van der Waals surface area contributed by atoms with E-state index in [0.717, 1.165) is 25.7 Å². The van der Waals surface area contributed by atoms with Crippen molar-refractivity contribution in [1.29, 1.82) is 0 Å². The molecule has 86 valence electrons. The third-order valence-corrected chi connectivity index (χ3v) is 5.18. The molecule has 0 spiro atoms. The number of hydrogen-bond acceptors (Lipinski definition) is 3. The Kier molecular flexibility index (Phi) is 5.09. The number of nitrogens with two attached hydrogens (primary N) is 1. The monoisotopic (exact) mass is 221 g/mol. The van der Waals surface area contributed by atoms with Crippen molar-refractivity contribution in [1.82, 2.24) is 0 Å². The fourth-order valence-electron chi connectivity index (χ4n) is 1.24. The van der Waals surface area contributed by atoms with Crippen molar-refractivity contribution < 1.29 is 8.42 Å². The molecule has 0 aromatic carbocycles. The highest BCUT2D eigenvalue weighted by atomic mass is 32.2. The SMILES string of the molecule is CCCCCC(N)C(C)(C)S(C)(=O)=O. The van der Waals surface area contributed by atoms with E-state index in [4.69, 9.17) is 5.73 Å². The molecule has 2 N–H and O–H groups in total. The van der Waals surface area contributed by atoms with E-state index >= 15 is 0 Å². The molecule has 0 fully saturated rings. The van der Waals surface area contributed by atoms with Gasteiger partial charge in [0.05, 0.1) is 4.75 Å². The zero-order chi connectivity index (χ0) is 11.4. The van der Waals surface area contributed by atoms with E-state index in [1.807, 2.05) is 0 Å². The van der Waals surface area contributed by atoms with E-state index in [1.54, 1.807) is 13.8 Å². The number of unbranched alkanes of at least 4 members (excludes halogenated alkanes) is 2. The van der Waals surface area contributed by atoms with Crippen LogP contribution in [0.4, 0.5) is 0 Å². The molecular formula is C10H23NO2S. The molecular weight excluding hydrogens is 198 g/mol. The second kappa shape index (κ2) is 5.12. The smallest absolute Gasteiger partial charge is 0.154 e. The standard InChI is InChI=1S/C10H23NO2S/c1-5-6-7-8-9(11)10(2,3)14(4,12)13/h9H,5-8,11H2,1-4H3. The van der Waals surface area contributed by atoms with Crippen molar-refractivity contribution >= 4 is 9.84 Å². The summed E-state index contributed by atoms with van der Waals surface area (Å²) in [4.78, 5) is 0. The minimum atomic E-state index is -3.06. The molecule has 0 aliphatic rings. The topological polar surface area (TPSA) is 60.2 Å². The summed E-state index contributed by atoms with van der Waals surface area (Å²) in [6.07, 6.45) is 5.30. The molecule has 0 aliphatic carbocycles. The zero-order valence-corrected chi connectivity index (χ0v) is 10.5. The molecule has 0 aromatic rings. The molecule has 14 heavy (non-hydrogen) atoms. The fourth-order valence-corrected chi connectivity index (χ4v) is 1.90. The van der Waals surface area contributed by atoms with Gasteiger partial charge >= 0.3 is 0 Å². The Bertz CT molecular complexity index is 257. The first-order valence-corrected chi connectivity index (χ1v) is 7.07. The highest BCUT2D eigenvalue weighted by molar-refractivity contribution is 7.92. The van der Waals surface area contributed by atoms with Crippen LogP contribution in [0.15, 0.2) is 0 Å². The third kappa shape index (κ3) is 3.58. The summed E-state index contributed by atoms with van der Waals surface area (Å²) in [7, 11) is -3.06. The molecule has 1 unspecified atom stereocenters. The first-order valence-electron chi connectivity index (χ1n) is 5.18. The Morgan fingerprint density at radius 3 is 2.14 bits per heavy atom. The van der Waals surface area contributed by atoms with Crippen LogP contribution in [0.2, 0.25) is 0 Å². The number of rotatable bonds is 6. The van der Waals surface area contributed by atoms with Gasteiger partial charge < -0.3 is 5.73 Å². The highest BCUT2D eigenvalue weighted by Crippen LogP contribution is 2.22. The molecule has 0 amide bonds. The molecule has 0 saturated heterocycles. The van der Waals surface area contributed by atoms with Gasteiger partial charge in [-0.1, -0.05) is 26.2 Å². The predicted octanol–water partition coefficient (Wildman–Crippen LogP) is 1.72. The van der Waals surface area contributed by atoms with Crippen LogP contribution in [-0.4, -0.2) is 25.5 Å². The lowest BCUT2D eigenvalue weighted by Crippen LogP contribution is -2.48. The highest BCUT2D eigenvalue weighted by Gasteiger charge is 2.36. The summed E-state index contributed by atoms with van der Waals surface area (Å²) in [5, 5.41) is 0. The van der Waals surface area contributed by atoms with Crippen LogP contribution in [0.1, 0.15) is 46.5 Å². The number of sulfone groups is 1. The molecule has 0 radical (unpaired) electrons. The molecule has 0 aliphatic heterocycles. The van der Waals surface area contributed by atoms with Gasteiger partial charge in [0.2, 0.25) is 0 Å². The molecule has 4 heteroatoms. The largest absolute Gasteiger partial charge is 0.326 e. The van der Waals surface area contributed by atoms with Gasteiger partial charge in [0.1, 0.15) is 0 Å². The second-order valence-electron chi connectivity index (χ2n) is 4.48. The lowest BCUT2D eigenvalue weighted by Gasteiger charge is -2.29. The van der Waals surface area contributed by atoms with E-state index in [0.29, 0.717) is 0 Å². The van der Waals surface area contributed by atoms with Crippen LogP contribution in [0, 0.1) is 0 Å². The minimum absolute atomic E-state index is 0.260. The Balaban J connectivity index is 4.30. The van der Waals surface area contributed by atoms with Crippen molar-refractivity contribution in [2.75, 3.05) is 6.26 Å².